The van der Waals surface area contributed by atoms with Crippen LogP contribution in [0.15, 0.2) is 35.2 Å². The summed E-state index contributed by atoms with van der Waals surface area (Å²) in [5, 5.41) is 0. The summed E-state index contributed by atoms with van der Waals surface area (Å²) in [6.07, 6.45) is 6.15. The molecule has 0 N–H and O–H groups in total. The van der Waals surface area contributed by atoms with Gasteiger partial charge in [-0.15, -0.1) is 11.8 Å². The Morgan fingerprint density at radius 3 is 3.00 bits per heavy atom. The predicted octanol–water partition coefficient (Wildman–Crippen LogP) is 3.37. The van der Waals surface area contributed by atoms with Crippen molar-refractivity contribution in [3.8, 4) is 0 Å². The van der Waals surface area contributed by atoms with Crippen molar-refractivity contribution in [2.75, 3.05) is 12.9 Å². The number of carbonyl (C=O) groups is 1. The number of benzene rings is 1. The van der Waals surface area contributed by atoms with E-state index >= 15 is 0 Å². The third-order valence-corrected chi connectivity index (χ3v) is 2.72. The minimum Gasteiger partial charge on any atom is -0.466 e. The molecule has 86 valence electrons. The van der Waals surface area contributed by atoms with Crippen molar-refractivity contribution in [3.63, 3.8) is 0 Å². The van der Waals surface area contributed by atoms with Gasteiger partial charge in [0.25, 0.3) is 0 Å². The Bertz CT molecular complexity index is 372. The van der Waals surface area contributed by atoms with E-state index in [0.717, 1.165) is 5.56 Å². The van der Waals surface area contributed by atoms with E-state index in [9.17, 15) is 4.79 Å². The van der Waals surface area contributed by atoms with Crippen LogP contribution >= 0.6 is 11.8 Å². The predicted molar refractivity (Wildman–Crippen MR) is 68.5 cm³/mol. The molecule has 0 fully saturated rings. The van der Waals surface area contributed by atoms with E-state index < -0.39 is 0 Å². The summed E-state index contributed by atoms with van der Waals surface area (Å²) in [6, 6.07) is 8.18. The molecule has 0 spiro atoms. The zero-order valence-corrected chi connectivity index (χ0v) is 10.4. The maximum atomic E-state index is 11.1. The average molecular weight is 236 g/mol. The van der Waals surface area contributed by atoms with Crippen molar-refractivity contribution in [2.45, 2.75) is 18.2 Å². The minimum atomic E-state index is -0.181. The van der Waals surface area contributed by atoms with Gasteiger partial charge in [0.05, 0.1) is 13.0 Å². The number of ether oxygens (including phenoxy) is 1. The van der Waals surface area contributed by atoms with Gasteiger partial charge in [0.2, 0.25) is 0 Å². The molecular weight excluding hydrogens is 220 g/mol. The third kappa shape index (κ3) is 4.53. The van der Waals surface area contributed by atoms with Crippen molar-refractivity contribution in [3.05, 3.63) is 35.9 Å². The van der Waals surface area contributed by atoms with Gasteiger partial charge in [0.1, 0.15) is 0 Å². The van der Waals surface area contributed by atoms with Crippen molar-refractivity contribution in [1.82, 2.24) is 0 Å². The third-order valence-electron chi connectivity index (χ3n) is 1.99. The van der Waals surface area contributed by atoms with Crippen molar-refractivity contribution in [2.24, 2.45) is 0 Å². The molecule has 0 aromatic heterocycles. The normalized spacial score (nSPS) is 10.6. The van der Waals surface area contributed by atoms with E-state index in [0.29, 0.717) is 13.0 Å². The summed E-state index contributed by atoms with van der Waals surface area (Å²) in [5.41, 5.74) is 1.11. The summed E-state index contributed by atoms with van der Waals surface area (Å²) in [7, 11) is 0. The highest BCUT2D eigenvalue weighted by atomic mass is 32.2. The molecule has 0 bridgehead atoms. The number of esters is 1. The van der Waals surface area contributed by atoms with E-state index in [4.69, 9.17) is 4.74 Å². The lowest BCUT2D eigenvalue weighted by Gasteiger charge is -1.98. The van der Waals surface area contributed by atoms with E-state index in [1.165, 1.54) is 4.90 Å². The number of carbonyl (C=O) groups excluding carboxylic acids is 1. The first-order valence-electron chi connectivity index (χ1n) is 5.22. The highest BCUT2D eigenvalue weighted by Crippen LogP contribution is 2.16. The van der Waals surface area contributed by atoms with Crippen LogP contribution in [0, 0.1) is 0 Å². The molecule has 0 heterocycles. The second-order valence-electron chi connectivity index (χ2n) is 3.19. The molecule has 0 aliphatic heterocycles. The number of rotatable bonds is 5. The van der Waals surface area contributed by atoms with Crippen LogP contribution in [0.4, 0.5) is 0 Å². The average Bonchev–Trinajstić information content (AvgIpc) is 2.30. The fraction of sp³-hybridized carbons (Fsp3) is 0.308. The van der Waals surface area contributed by atoms with E-state index in [-0.39, 0.29) is 5.97 Å². The Morgan fingerprint density at radius 2 is 2.31 bits per heavy atom. The highest BCUT2D eigenvalue weighted by molar-refractivity contribution is 7.98. The van der Waals surface area contributed by atoms with Gasteiger partial charge in [-0.05, 0) is 30.9 Å². The minimum absolute atomic E-state index is 0.181. The Morgan fingerprint density at radius 1 is 1.50 bits per heavy atom. The first kappa shape index (κ1) is 12.8. The molecule has 16 heavy (non-hydrogen) atoms. The Hall–Kier alpha value is -1.22. The Kier molecular flexibility index (Phi) is 5.72. The monoisotopic (exact) mass is 236 g/mol. The zero-order valence-electron chi connectivity index (χ0n) is 9.60. The maximum absolute atomic E-state index is 11.1. The van der Waals surface area contributed by atoms with Gasteiger partial charge in [-0.25, -0.2) is 0 Å². The molecule has 0 atom stereocenters. The van der Waals surface area contributed by atoms with E-state index in [1.54, 1.807) is 11.8 Å². The molecule has 0 saturated heterocycles. The van der Waals surface area contributed by atoms with Crippen LogP contribution in [0.5, 0.6) is 0 Å². The highest BCUT2D eigenvalue weighted by Gasteiger charge is 1.96. The molecule has 3 heteroatoms. The van der Waals surface area contributed by atoms with E-state index in [1.807, 2.05) is 37.5 Å². The van der Waals surface area contributed by atoms with Gasteiger partial charge in [-0.1, -0.05) is 24.3 Å². The molecule has 0 amide bonds. The van der Waals surface area contributed by atoms with Gasteiger partial charge >= 0.3 is 5.97 Å². The van der Waals surface area contributed by atoms with Gasteiger partial charge in [-0.3, -0.25) is 4.79 Å². The zero-order chi connectivity index (χ0) is 11.8. The summed E-state index contributed by atoms with van der Waals surface area (Å²) in [6.45, 7) is 2.25. The van der Waals surface area contributed by atoms with Crippen LogP contribution in [0.2, 0.25) is 0 Å². The van der Waals surface area contributed by atoms with Gasteiger partial charge in [-0.2, -0.15) is 0 Å². The smallest absolute Gasteiger partial charge is 0.309 e. The molecule has 2 nitrogen and oxygen atoms in total. The molecule has 0 aliphatic rings. The fourth-order valence-electron chi connectivity index (χ4n) is 1.26. The second-order valence-corrected chi connectivity index (χ2v) is 4.07. The van der Waals surface area contributed by atoms with Crippen LogP contribution in [-0.4, -0.2) is 18.8 Å². The van der Waals surface area contributed by atoms with Gasteiger partial charge < -0.3 is 4.74 Å². The van der Waals surface area contributed by atoms with Crippen LogP contribution in [0.3, 0.4) is 0 Å². The van der Waals surface area contributed by atoms with Crippen LogP contribution in [0.1, 0.15) is 18.9 Å². The van der Waals surface area contributed by atoms with Crippen LogP contribution in [0.25, 0.3) is 6.08 Å². The molecular formula is C13H16O2S. The van der Waals surface area contributed by atoms with Crippen LogP contribution in [-0.2, 0) is 9.53 Å². The summed E-state index contributed by atoms with van der Waals surface area (Å²) >= 11 is 1.71. The summed E-state index contributed by atoms with van der Waals surface area (Å²) in [4.78, 5) is 12.3. The molecule has 1 aromatic carbocycles. The lowest BCUT2D eigenvalue weighted by molar-refractivity contribution is -0.142. The molecule has 0 unspecified atom stereocenters. The Labute approximate surface area is 101 Å². The SMILES string of the molecule is CCOC(=O)CC=Cc1cccc(SC)c1. The quantitative estimate of drug-likeness (QED) is 0.579. The molecule has 0 radical (unpaired) electrons. The first-order valence-corrected chi connectivity index (χ1v) is 6.45. The topological polar surface area (TPSA) is 26.3 Å². The van der Waals surface area contributed by atoms with Crippen LogP contribution < -0.4 is 0 Å². The van der Waals surface area contributed by atoms with Crippen molar-refractivity contribution < 1.29 is 9.53 Å². The largest absolute Gasteiger partial charge is 0.466 e. The van der Waals surface area contributed by atoms with Gasteiger partial charge in [0, 0.05) is 4.90 Å². The summed E-state index contributed by atoms with van der Waals surface area (Å²) < 4.78 is 4.83. The first-order chi connectivity index (χ1) is 7.76. The fourth-order valence-corrected chi connectivity index (χ4v) is 1.72. The Balaban J connectivity index is 2.52. The lowest BCUT2D eigenvalue weighted by Crippen LogP contribution is -2.01. The molecule has 1 aromatic rings. The van der Waals surface area contributed by atoms with E-state index in [2.05, 4.69) is 12.1 Å². The standard InChI is InChI=1S/C13H16O2S/c1-3-15-13(14)9-5-7-11-6-4-8-12(10-11)16-2/h4-8,10H,3,9H2,1-2H3. The maximum Gasteiger partial charge on any atom is 0.309 e. The van der Waals surface area contributed by atoms with Crippen molar-refractivity contribution in [1.29, 1.82) is 0 Å². The van der Waals surface area contributed by atoms with Crippen molar-refractivity contribution >= 4 is 23.8 Å². The number of hydrogen-bond donors (Lipinski definition) is 0. The number of thioether (sulfide) groups is 1. The summed E-state index contributed by atoms with van der Waals surface area (Å²) in [5.74, 6) is -0.181. The molecule has 0 saturated carbocycles. The molecule has 1 rings (SSSR count). The lowest BCUT2D eigenvalue weighted by atomic mass is 10.2. The van der Waals surface area contributed by atoms with Gasteiger partial charge in [0.15, 0.2) is 0 Å². The number of hydrogen-bond acceptors (Lipinski definition) is 3. The molecule has 0 aliphatic carbocycles. The second kappa shape index (κ2) is 7.12.